The van der Waals surface area contributed by atoms with E-state index in [1.807, 2.05) is 0 Å². The first kappa shape index (κ1) is 16.0. The molecule has 0 radical (unpaired) electrons. The van der Waals surface area contributed by atoms with Gasteiger partial charge < -0.3 is 10.1 Å². The summed E-state index contributed by atoms with van der Waals surface area (Å²) in [4.78, 5) is 0. The zero-order valence-corrected chi connectivity index (χ0v) is 10.2. The molecule has 0 amide bonds. The van der Waals surface area contributed by atoms with Crippen LogP contribution in [0.1, 0.15) is 19.8 Å². The number of ether oxygens (including phenoxy) is 1. The normalized spacial score (nSPS) is 14.1. The summed E-state index contributed by atoms with van der Waals surface area (Å²) in [5, 5.41) is 3.15. The van der Waals surface area contributed by atoms with Crippen LogP contribution < -0.4 is 5.32 Å². The van der Waals surface area contributed by atoms with E-state index in [2.05, 4.69) is 17.0 Å². The van der Waals surface area contributed by atoms with Crippen LogP contribution in [0.4, 0.5) is 13.2 Å². The van der Waals surface area contributed by atoms with Gasteiger partial charge in [0.05, 0.1) is 0 Å². The fourth-order valence-electron chi connectivity index (χ4n) is 1.12. The van der Waals surface area contributed by atoms with Crippen molar-refractivity contribution in [2.75, 3.05) is 32.2 Å². The van der Waals surface area contributed by atoms with Crippen LogP contribution in [0, 0.1) is 5.92 Å². The van der Waals surface area contributed by atoms with E-state index in [1.54, 1.807) is 0 Å². The first-order valence-electron chi connectivity index (χ1n) is 5.37. The Kier molecular flexibility index (Phi) is 9.07. The fraction of sp³-hybridized carbons (Fsp3) is 1.00. The maximum absolute atomic E-state index is 11.7. The minimum absolute atomic E-state index is 0.135. The molecule has 0 bridgehead atoms. The van der Waals surface area contributed by atoms with Crippen LogP contribution in [0.5, 0.6) is 0 Å². The topological polar surface area (TPSA) is 21.3 Å². The summed E-state index contributed by atoms with van der Waals surface area (Å²) in [7, 11) is 0. The molecule has 0 spiro atoms. The van der Waals surface area contributed by atoms with E-state index in [1.165, 1.54) is 0 Å². The van der Waals surface area contributed by atoms with Crippen molar-refractivity contribution in [2.45, 2.75) is 25.9 Å². The van der Waals surface area contributed by atoms with E-state index in [0.29, 0.717) is 24.8 Å². The summed E-state index contributed by atoms with van der Waals surface area (Å²) in [5.41, 5.74) is 0. The van der Waals surface area contributed by atoms with E-state index in [-0.39, 0.29) is 6.61 Å². The van der Waals surface area contributed by atoms with Gasteiger partial charge in [-0.2, -0.15) is 13.2 Å². The van der Waals surface area contributed by atoms with Gasteiger partial charge in [0.15, 0.2) is 0 Å². The summed E-state index contributed by atoms with van der Waals surface area (Å²) in [6, 6.07) is 0. The second-order valence-corrected chi connectivity index (χ2v) is 4.19. The van der Waals surface area contributed by atoms with Crippen molar-refractivity contribution in [2.24, 2.45) is 5.92 Å². The zero-order valence-electron chi connectivity index (χ0n) is 9.45. The molecule has 0 saturated carbocycles. The lowest BCUT2D eigenvalue weighted by Gasteiger charge is -2.11. The lowest BCUT2D eigenvalue weighted by atomic mass is 10.1. The third-order valence-corrected chi connectivity index (χ3v) is 2.22. The number of rotatable bonds is 9. The summed E-state index contributed by atoms with van der Waals surface area (Å²) >= 11 is 5.57. The van der Waals surface area contributed by atoms with Gasteiger partial charge in [-0.1, -0.05) is 6.92 Å². The van der Waals surface area contributed by atoms with Gasteiger partial charge in [0, 0.05) is 12.5 Å². The SMILES string of the molecule is CC(CCCl)CNCCCOCC(F)(F)F. The van der Waals surface area contributed by atoms with E-state index in [9.17, 15) is 13.2 Å². The summed E-state index contributed by atoms with van der Waals surface area (Å²) in [6.07, 6.45) is -2.69. The molecule has 1 atom stereocenters. The molecule has 0 aliphatic heterocycles. The lowest BCUT2D eigenvalue weighted by molar-refractivity contribution is -0.173. The number of halogens is 4. The van der Waals surface area contributed by atoms with Gasteiger partial charge in [-0.3, -0.25) is 0 Å². The van der Waals surface area contributed by atoms with Gasteiger partial charge in [-0.25, -0.2) is 0 Å². The number of hydrogen-bond donors (Lipinski definition) is 1. The molecule has 0 aliphatic carbocycles. The van der Waals surface area contributed by atoms with E-state index in [0.717, 1.165) is 13.0 Å². The molecule has 0 aromatic rings. The number of alkyl halides is 4. The van der Waals surface area contributed by atoms with Gasteiger partial charge in [-0.15, -0.1) is 11.6 Å². The van der Waals surface area contributed by atoms with Crippen molar-refractivity contribution in [3.05, 3.63) is 0 Å². The average Bonchev–Trinajstić information content (AvgIpc) is 2.15. The van der Waals surface area contributed by atoms with Crippen molar-refractivity contribution in [3.63, 3.8) is 0 Å². The van der Waals surface area contributed by atoms with Gasteiger partial charge in [0.2, 0.25) is 0 Å². The van der Waals surface area contributed by atoms with E-state index >= 15 is 0 Å². The predicted molar refractivity (Wildman–Crippen MR) is 58.9 cm³/mol. The third-order valence-electron chi connectivity index (χ3n) is 2.00. The van der Waals surface area contributed by atoms with Crippen molar-refractivity contribution in [3.8, 4) is 0 Å². The van der Waals surface area contributed by atoms with Crippen LogP contribution in [0.25, 0.3) is 0 Å². The maximum Gasteiger partial charge on any atom is 0.411 e. The molecule has 0 fully saturated rings. The maximum atomic E-state index is 11.7. The molecule has 98 valence electrons. The van der Waals surface area contributed by atoms with Crippen LogP contribution in [0.3, 0.4) is 0 Å². The molecule has 2 nitrogen and oxygen atoms in total. The lowest BCUT2D eigenvalue weighted by Crippen LogP contribution is -2.24. The fourth-order valence-corrected chi connectivity index (χ4v) is 1.50. The van der Waals surface area contributed by atoms with Gasteiger partial charge in [-0.05, 0) is 31.8 Å². The summed E-state index contributed by atoms with van der Waals surface area (Å²) in [5.74, 6) is 1.13. The van der Waals surface area contributed by atoms with E-state index < -0.39 is 12.8 Å². The molecule has 6 heteroatoms. The molecular weight excluding hydrogens is 243 g/mol. The van der Waals surface area contributed by atoms with Gasteiger partial charge in [0.25, 0.3) is 0 Å². The molecular formula is C10H19ClF3NO. The highest BCUT2D eigenvalue weighted by molar-refractivity contribution is 6.17. The van der Waals surface area contributed by atoms with E-state index in [4.69, 9.17) is 11.6 Å². The molecule has 16 heavy (non-hydrogen) atoms. The molecule has 0 heterocycles. The smallest absolute Gasteiger partial charge is 0.372 e. The summed E-state index contributed by atoms with van der Waals surface area (Å²) < 4.78 is 39.5. The highest BCUT2D eigenvalue weighted by Gasteiger charge is 2.27. The Labute approximate surface area is 99.5 Å². The molecule has 0 aliphatic rings. The van der Waals surface area contributed by atoms with Crippen LogP contribution in [0.15, 0.2) is 0 Å². The van der Waals surface area contributed by atoms with Gasteiger partial charge in [0.1, 0.15) is 6.61 Å². The Morgan fingerprint density at radius 3 is 2.62 bits per heavy atom. The number of hydrogen-bond acceptors (Lipinski definition) is 2. The molecule has 1 unspecified atom stereocenters. The van der Waals surface area contributed by atoms with Crippen molar-refractivity contribution in [1.29, 1.82) is 0 Å². The largest absolute Gasteiger partial charge is 0.411 e. The summed E-state index contributed by atoms with van der Waals surface area (Å²) in [6.45, 7) is 2.57. The van der Waals surface area contributed by atoms with Gasteiger partial charge >= 0.3 is 6.18 Å². The Morgan fingerprint density at radius 1 is 1.38 bits per heavy atom. The second kappa shape index (κ2) is 9.07. The molecule has 0 aromatic carbocycles. The minimum Gasteiger partial charge on any atom is -0.372 e. The predicted octanol–water partition coefficient (Wildman–Crippen LogP) is 2.81. The molecule has 1 N–H and O–H groups in total. The quantitative estimate of drug-likeness (QED) is 0.509. The minimum atomic E-state index is -4.22. The standard InChI is InChI=1S/C10H19ClF3NO/c1-9(3-4-11)7-15-5-2-6-16-8-10(12,13)14/h9,15H,2-8H2,1H3. The van der Waals surface area contributed by atoms with Crippen molar-refractivity contribution in [1.82, 2.24) is 5.32 Å². The Balaban J connectivity index is 3.16. The Hall–Kier alpha value is -0.0000000000000000555. The second-order valence-electron chi connectivity index (χ2n) is 3.81. The Bertz CT molecular complexity index is 167. The molecule has 0 saturated heterocycles. The van der Waals surface area contributed by atoms with Crippen LogP contribution in [-0.2, 0) is 4.74 Å². The third kappa shape index (κ3) is 12.1. The van der Waals surface area contributed by atoms with Crippen molar-refractivity contribution >= 4 is 11.6 Å². The highest BCUT2D eigenvalue weighted by Crippen LogP contribution is 2.14. The molecule has 0 rings (SSSR count). The highest BCUT2D eigenvalue weighted by atomic mass is 35.5. The zero-order chi connectivity index (χ0) is 12.4. The monoisotopic (exact) mass is 261 g/mol. The van der Waals surface area contributed by atoms with Crippen molar-refractivity contribution < 1.29 is 17.9 Å². The van der Waals surface area contributed by atoms with Crippen LogP contribution >= 0.6 is 11.6 Å². The van der Waals surface area contributed by atoms with Crippen LogP contribution in [0.2, 0.25) is 0 Å². The number of nitrogens with one attached hydrogen (secondary N) is 1. The average molecular weight is 262 g/mol. The molecule has 0 aromatic heterocycles. The first-order valence-corrected chi connectivity index (χ1v) is 5.90. The first-order chi connectivity index (χ1) is 7.45. The Morgan fingerprint density at radius 2 is 2.06 bits per heavy atom. The van der Waals surface area contributed by atoms with Crippen LogP contribution in [-0.4, -0.2) is 38.4 Å².